The van der Waals surface area contributed by atoms with Gasteiger partial charge in [0.05, 0.1) is 6.10 Å². The van der Waals surface area contributed by atoms with Crippen molar-refractivity contribution in [1.29, 1.82) is 0 Å². The van der Waals surface area contributed by atoms with Crippen LogP contribution >= 0.6 is 0 Å². The highest BCUT2D eigenvalue weighted by Crippen LogP contribution is 2.19. The Morgan fingerprint density at radius 2 is 1.29 bits per heavy atom. The molecule has 28 heavy (non-hydrogen) atoms. The number of methoxy groups -OCH3 is 2. The van der Waals surface area contributed by atoms with Crippen molar-refractivity contribution in [3.05, 3.63) is 35.4 Å². The lowest BCUT2D eigenvalue weighted by Gasteiger charge is -2.23. The lowest BCUT2D eigenvalue weighted by Crippen LogP contribution is -2.25. The molecule has 0 aliphatic rings. The maximum atomic E-state index is 13.3. The van der Waals surface area contributed by atoms with Crippen LogP contribution in [0.4, 0.5) is 8.78 Å². The SMILES string of the molecule is CCCCCCCCCC(CCCCc1cc(F)cc(F)c1)OC(OC)OC. The number of halogens is 2. The van der Waals surface area contributed by atoms with Gasteiger partial charge in [0.2, 0.25) is 0 Å². The minimum atomic E-state index is -0.646. The molecule has 0 saturated heterocycles. The highest BCUT2D eigenvalue weighted by Gasteiger charge is 2.15. The fraction of sp³-hybridized carbons (Fsp3) is 0.739. The molecule has 1 aromatic rings. The Bertz CT molecular complexity index is 486. The van der Waals surface area contributed by atoms with Gasteiger partial charge in [-0.2, -0.15) is 0 Å². The summed E-state index contributed by atoms with van der Waals surface area (Å²) in [5.41, 5.74) is 0.703. The number of rotatable bonds is 17. The molecule has 162 valence electrons. The van der Waals surface area contributed by atoms with Crippen LogP contribution in [0, 0.1) is 11.6 Å². The van der Waals surface area contributed by atoms with Crippen molar-refractivity contribution in [3.63, 3.8) is 0 Å². The van der Waals surface area contributed by atoms with Crippen molar-refractivity contribution in [2.24, 2.45) is 0 Å². The molecule has 0 saturated carbocycles. The zero-order chi connectivity index (χ0) is 20.6. The summed E-state index contributed by atoms with van der Waals surface area (Å²) in [4.78, 5) is 0. The molecule has 5 heteroatoms. The monoisotopic (exact) mass is 400 g/mol. The van der Waals surface area contributed by atoms with E-state index in [-0.39, 0.29) is 6.10 Å². The van der Waals surface area contributed by atoms with Crippen molar-refractivity contribution in [3.8, 4) is 0 Å². The van der Waals surface area contributed by atoms with E-state index in [1.54, 1.807) is 14.2 Å². The van der Waals surface area contributed by atoms with Gasteiger partial charge in [-0.3, -0.25) is 0 Å². The molecule has 3 nitrogen and oxygen atoms in total. The van der Waals surface area contributed by atoms with E-state index in [2.05, 4.69) is 6.92 Å². The third-order valence-corrected chi connectivity index (χ3v) is 4.98. The van der Waals surface area contributed by atoms with Crippen molar-refractivity contribution in [1.82, 2.24) is 0 Å². The lowest BCUT2D eigenvalue weighted by molar-refractivity contribution is -0.285. The predicted molar refractivity (Wildman–Crippen MR) is 109 cm³/mol. The van der Waals surface area contributed by atoms with Crippen LogP contribution in [0.2, 0.25) is 0 Å². The number of hydrogen-bond acceptors (Lipinski definition) is 3. The Morgan fingerprint density at radius 3 is 1.86 bits per heavy atom. The molecule has 0 aliphatic heterocycles. The number of aryl methyl sites for hydroxylation is 1. The fourth-order valence-electron chi connectivity index (χ4n) is 3.43. The van der Waals surface area contributed by atoms with Crippen LogP contribution in [0.1, 0.15) is 83.1 Å². The Kier molecular flexibility index (Phi) is 14.1. The molecule has 0 fully saturated rings. The fourth-order valence-corrected chi connectivity index (χ4v) is 3.43. The standard InChI is InChI=1S/C23H38F2O3/c1-4-5-6-7-8-9-10-14-22(28-23(26-2)27-3)15-12-11-13-19-16-20(24)18-21(25)17-19/h16-18,22-23H,4-15H2,1-3H3. The Hall–Kier alpha value is -1.04. The predicted octanol–water partition coefficient (Wildman–Crippen LogP) is 6.78. The van der Waals surface area contributed by atoms with Crippen molar-refractivity contribution in [2.75, 3.05) is 14.2 Å². The molecule has 1 rings (SSSR count). The normalized spacial score (nSPS) is 12.6. The molecule has 0 aliphatic carbocycles. The van der Waals surface area contributed by atoms with E-state index in [1.807, 2.05) is 0 Å². The number of unbranched alkanes of at least 4 members (excludes halogenated alkanes) is 7. The van der Waals surface area contributed by atoms with E-state index >= 15 is 0 Å². The molecule has 0 bridgehead atoms. The van der Waals surface area contributed by atoms with Crippen molar-refractivity contribution < 1.29 is 23.0 Å². The average Bonchev–Trinajstić information content (AvgIpc) is 2.67. The Morgan fingerprint density at radius 1 is 0.750 bits per heavy atom. The van der Waals surface area contributed by atoms with Crippen LogP contribution in [0.5, 0.6) is 0 Å². The van der Waals surface area contributed by atoms with Gasteiger partial charge < -0.3 is 14.2 Å². The van der Waals surface area contributed by atoms with Crippen LogP contribution in [-0.2, 0) is 20.6 Å². The summed E-state index contributed by atoms with van der Waals surface area (Å²) in [6.45, 7) is 1.58. The Labute approximate surface area is 169 Å². The molecule has 0 N–H and O–H groups in total. The van der Waals surface area contributed by atoms with E-state index in [0.717, 1.165) is 38.2 Å². The van der Waals surface area contributed by atoms with E-state index in [0.29, 0.717) is 12.0 Å². The quantitative estimate of drug-likeness (QED) is 0.213. The largest absolute Gasteiger partial charge is 0.333 e. The number of ether oxygens (including phenoxy) is 3. The number of hydrogen-bond donors (Lipinski definition) is 0. The van der Waals surface area contributed by atoms with Gasteiger partial charge in [0, 0.05) is 20.3 Å². The summed E-state index contributed by atoms with van der Waals surface area (Å²) in [6.07, 6.45) is 13.2. The summed E-state index contributed by atoms with van der Waals surface area (Å²) >= 11 is 0. The summed E-state index contributed by atoms with van der Waals surface area (Å²) < 4.78 is 42.8. The third-order valence-electron chi connectivity index (χ3n) is 4.98. The first-order chi connectivity index (χ1) is 13.6. The second-order valence-electron chi connectivity index (χ2n) is 7.45. The van der Waals surface area contributed by atoms with E-state index in [1.165, 1.54) is 50.7 Å². The molecule has 1 atom stereocenters. The summed E-state index contributed by atoms with van der Waals surface area (Å²) in [5, 5.41) is 0. The summed E-state index contributed by atoms with van der Waals surface area (Å²) in [7, 11) is 3.13. The molecule has 0 spiro atoms. The first kappa shape index (κ1) is 25.0. The molecule has 1 aromatic carbocycles. The van der Waals surface area contributed by atoms with E-state index in [9.17, 15) is 8.78 Å². The highest BCUT2D eigenvalue weighted by atomic mass is 19.1. The maximum Gasteiger partial charge on any atom is 0.271 e. The van der Waals surface area contributed by atoms with Gasteiger partial charge in [0.15, 0.2) is 0 Å². The maximum absolute atomic E-state index is 13.3. The van der Waals surface area contributed by atoms with Gasteiger partial charge in [-0.05, 0) is 43.4 Å². The smallest absolute Gasteiger partial charge is 0.271 e. The van der Waals surface area contributed by atoms with Crippen LogP contribution in [0.15, 0.2) is 18.2 Å². The van der Waals surface area contributed by atoms with Gasteiger partial charge >= 0.3 is 0 Å². The minimum Gasteiger partial charge on any atom is -0.333 e. The molecular weight excluding hydrogens is 362 g/mol. The van der Waals surface area contributed by atoms with Crippen LogP contribution < -0.4 is 0 Å². The van der Waals surface area contributed by atoms with Gasteiger partial charge in [0.1, 0.15) is 11.6 Å². The first-order valence-electron chi connectivity index (χ1n) is 10.7. The zero-order valence-corrected chi connectivity index (χ0v) is 17.9. The van der Waals surface area contributed by atoms with E-state index in [4.69, 9.17) is 14.2 Å². The highest BCUT2D eigenvalue weighted by molar-refractivity contribution is 5.17. The van der Waals surface area contributed by atoms with Gasteiger partial charge in [-0.15, -0.1) is 0 Å². The summed E-state index contributed by atoms with van der Waals surface area (Å²) in [6, 6.07) is 3.72. The number of benzene rings is 1. The van der Waals surface area contributed by atoms with Crippen LogP contribution in [0.25, 0.3) is 0 Å². The van der Waals surface area contributed by atoms with Crippen molar-refractivity contribution >= 4 is 0 Å². The molecule has 0 amide bonds. The van der Waals surface area contributed by atoms with E-state index < -0.39 is 18.1 Å². The molecule has 0 aromatic heterocycles. The molecule has 0 radical (unpaired) electrons. The second kappa shape index (κ2) is 15.8. The van der Waals surface area contributed by atoms with Gasteiger partial charge in [0.25, 0.3) is 6.48 Å². The third kappa shape index (κ3) is 11.7. The topological polar surface area (TPSA) is 27.7 Å². The zero-order valence-electron chi connectivity index (χ0n) is 17.9. The Balaban J connectivity index is 2.33. The molecular formula is C23H38F2O3. The van der Waals surface area contributed by atoms with Crippen LogP contribution in [-0.4, -0.2) is 26.8 Å². The van der Waals surface area contributed by atoms with Crippen molar-refractivity contribution in [2.45, 2.75) is 96.6 Å². The minimum absolute atomic E-state index is 0.0739. The molecule has 0 heterocycles. The summed E-state index contributed by atoms with van der Waals surface area (Å²) in [5.74, 6) is -1.03. The lowest BCUT2D eigenvalue weighted by atomic mass is 10.0. The second-order valence-corrected chi connectivity index (χ2v) is 7.45. The average molecular weight is 401 g/mol. The molecule has 1 unspecified atom stereocenters. The van der Waals surface area contributed by atoms with Crippen LogP contribution in [0.3, 0.4) is 0 Å². The van der Waals surface area contributed by atoms with Gasteiger partial charge in [-0.1, -0.05) is 58.3 Å². The first-order valence-corrected chi connectivity index (χ1v) is 10.7. The van der Waals surface area contributed by atoms with Gasteiger partial charge in [-0.25, -0.2) is 8.78 Å².